The number of fused-ring (bicyclic) bond motifs is 1. The van der Waals surface area contributed by atoms with Gasteiger partial charge in [0.1, 0.15) is 12.4 Å². The largest absolute Gasteiger partial charge is 0.388 e. The zero-order valence-electron chi connectivity index (χ0n) is 11.3. The standard InChI is InChI=1S/C15H11N3O4/c19-9-14-16-13-4-2-1-3-12(13)15(20)17(14)10-5-7-11(8-6-10)18(21)22/h1-8,19H,9H2. The van der Waals surface area contributed by atoms with Gasteiger partial charge in [-0.3, -0.25) is 19.5 Å². The second kappa shape index (κ2) is 5.38. The molecule has 3 aromatic rings. The molecule has 0 aliphatic rings. The molecule has 0 aliphatic heterocycles. The van der Waals surface area contributed by atoms with Crippen molar-refractivity contribution in [2.75, 3.05) is 0 Å². The van der Waals surface area contributed by atoms with E-state index < -0.39 is 11.5 Å². The van der Waals surface area contributed by atoms with Gasteiger partial charge in [-0.1, -0.05) is 12.1 Å². The number of aliphatic hydroxyl groups is 1. The summed E-state index contributed by atoms with van der Waals surface area (Å²) in [7, 11) is 0. The van der Waals surface area contributed by atoms with Crippen molar-refractivity contribution in [1.29, 1.82) is 0 Å². The van der Waals surface area contributed by atoms with Crippen molar-refractivity contribution in [2.24, 2.45) is 0 Å². The number of rotatable bonds is 3. The molecule has 0 bridgehead atoms. The van der Waals surface area contributed by atoms with E-state index in [1.54, 1.807) is 24.3 Å². The Labute approximate surface area is 124 Å². The molecule has 0 radical (unpaired) electrons. The lowest BCUT2D eigenvalue weighted by molar-refractivity contribution is -0.384. The van der Waals surface area contributed by atoms with Crippen molar-refractivity contribution in [3.05, 3.63) is 74.8 Å². The molecule has 1 aromatic heterocycles. The first-order valence-corrected chi connectivity index (χ1v) is 6.48. The van der Waals surface area contributed by atoms with Crippen LogP contribution in [0.4, 0.5) is 5.69 Å². The maximum Gasteiger partial charge on any atom is 0.269 e. The van der Waals surface area contributed by atoms with Crippen LogP contribution >= 0.6 is 0 Å². The van der Waals surface area contributed by atoms with Gasteiger partial charge in [0, 0.05) is 12.1 Å². The summed E-state index contributed by atoms with van der Waals surface area (Å²) in [6.45, 7) is -0.420. The molecule has 0 amide bonds. The molecule has 0 saturated heterocycles. The Hall–Kier alpha value is -3.06. The summed E-state index contributed by atoms with van der Waals surface area (Å²) in [4.78, 5) is 27.1. The van der Waals surface area contributed by atoms with E-state index in [1.807, 2.05) is 0 Å². The third-order valence-electron chi connectivity index (χ3n) is 3.31. The number of aliphatic hydroxyl groups excluding tert-OH is 1. The van der Waals surface area contributed by atoms with Crippen LogP contribution in [0.3, 0.4) is 0 Å². The van der Waals surface area contributed by atoms with Crippen LogP contribution in [0.15, 0.2) is 53.3 Å². The molecule has 1 N–H and O–H groups in total. The van der Waals surface area contributed by atoms with Crippen LogP contribution in [0.25, 0.3) is 16.6 Å². The van der Waals surface area contributed by atoms with Crippen LogP contribution in [0.5, 0.6) is 0 Å². The molecule has 0 aliphatic carbocycles. The van der Waals surface area contributed by atoms with E-state index in [9.17, 15) is 20.0 Å². The Morgan fingerprint density at radius 1 is 1.14 bits per heavy atom. The number of nitro benzene ring substituents is 1. The third-order valence-corrected chi connectivity index (χ3v) is 3.31. The molecule has 0 fully saturated rings. The van der Waals surface area contributed by atoms with Crippen LogP contribution in [0.1, 0.15) is 5.82 Å². The average molecular weight is 297 g/mol. The monoisotopic (exact) mass is 297 g/mol. The second-order valence-electron chi connectivity index (χ2n) is 4.62. The fraction of sp³-hybridized carbons (Fsp3) is 0.0667. The van der Waals surface area contributed by atoms with Crippen LogP contribution in [-0.4, -0.2) is 19.6 Å². The van der Waals surface area contributed by atoms with Gasteiger partial charge in [0.05, 0.1) is 21.5 Å². The number of non-ortho nitro benzene ring substituents is 1. The molecule has 1 heterocycles. The first-order chi connectivity index (χ1) is 10.6. The number of para-hydroxylation sites is 1. The first kappa shape index (κ1) is 13.9. The predicted octanol–water partition coefficient (Wildman–Crippen LogP) is 1.79. The molecule has 0 atom stereocenters. The number of nitrogens with zero attached hydrogens (tertiary/aromatic N) is 3. The maximum absolute atomic E-state index is 12.6. The van der Waals surface area contributed by atoms with Gasteiger partial charge in [-0.15, -0.1) is 0 Å². The van der Waals surface area contributed by atoms with Crippen LogP contribution in [0, 0.1) is 10.1 Å². The smallest absolute Gasteiger partial charge is 0.269 e. The zero-order valence-corrected chi connectivity index (χ0v) is 11.3. The lowest BCUT2D eigenvalue weighted by atomic mass is 10.2. The fourth-order valence-corrected chi connectivity index (χ4v) is 2.27. The Balaban J connectivity index is 2.27. The van der Waals surface area contributed by atoms with Gasteiger partial charge in [0.25, 0.3) is 11.2 Å². The average Bonchev–Trinajstić information content (AvgIpc) is 2.55. The van der Waals surface area contributed by atoms with Crippen molar-refractivity contribution in [1.82, 2.24) is 9.55 Å². The molecule has 0 spiro atoms. The first-order valence-electron chi connectivity index (χ1n) is 6.48. The van der Waals surface area contributed by atoms with Crippen molar-refractivity contribution in [3.8, 4) is 5.69 Å². The molecular formula is C15H11N3O4. The molecule has 3 rings (SSSR count). The van der Waals surface area contributed by atoms with E-state index in [0.717, 1.165) is 0 Å². The van der Waals surface area contributed by atoms with Gasteiger partial charge < -0.3 is 5.11 Å². The van der Waals surface area contributed by atoms with Gasteiger partial charge in [-0.25, -0.2) is 4.98 Å². The molecule has 2 aromatic carbocycles. The Bertz CT molecular complexity index is 916. The van der Waals surface area contributed by atoms with Gasteiger partial charge >= 0.3 is 0 Å². The van der Waals surface area contributed by atoms with Gasteiger partial charge in [-0.2, -0.15) is 0 Å². The van der Waals surface area contributed by atoms with Crippen LogP contribution in [0.2, 0.25) is 0 Å². The van der Waals surface area contributed by atoms with E-state index in [-0.39, 0.29) is 17.1 Å². The SMILES string of the molecule is O=c1c2ccccc2nc(CO)n1-c1ccc([N+](=O)[O-])cc1. The maximum atomic E-state index is 12.6. The van der Waals surface area contributed by atoms with E-state index in [2.05, 4.69) is 4.98 Å². The lowest BCUT2D eigenvalue weighted by Crippen LogP contribution is -2.23. The van der Waals surface area contributed by atoms with Gasteiger partial charge in [0.2, 0.25) is 0 Å². The minimum atomic E-state index is -0.516. The number of hydrogen-bond donors (Lipinski definition) is 1. The summed E-state index contributed by atoms with van der Waals surface area (Å²) >= 11 is 0. The number of nitro groups is 1. The predicted molar refractivity (Wildman–Crippen MR) is 79.9 cm³/mol. The second-order valence-corrected chi connectivity index (χ2v) is 4.62. The lowest BCUT2D eigenvalue weighted by Gasteiger charge is -2.11. The van der Waals surface area contributed by atoms with Crippen molar-refractivity contribution in [3.63, 3.8) is 0 Å². The highest BCUT2D eigenvalue weighted by molar-refractivity contribution is 5.77. The van der Waals surface area contributed by atoms with Crippen LogP contribution in [-0.2, 0) is 6.61 Å². The number of benzene rings is 2. The minimum absolute atomic E-state index is 0.0731. The third kappa shape index (κ3) is 2.23. The summed E-state index contributed by atoms with van der Waals surface area (Å²) in [5.41, 5.74) is 0.507. The molecule has 7 nitrogen and oxygen atoms in total. The number of aromatic nitrogens is 2. The highest BCUT2D eigenvalue weighted by atomic mass is 16.6. The van der Waals surface area contributed by atoms with E-state index >= 15 is 0 Å². The van der Waals surface area contributed by atoms with E-state index in [4.69, 9.17) is 0 Å². The number of hydrogen-bond acceptors (Lipinski definition) is 5. The molecule has 0 unspecified atom stereocenters. The molecule has 7 heteroatoms. The normalized spacial score (nSPS) is 10.8. The summed E-state index contributed by atoms with van der Waals surface area (Å²) < 4.78 is 1.26. The summed E-state index contributed by atoms with van der Waals surface area (Å²) in [5, 5.41) is 20.6. The summed E-state index contributed by atoms with van der Waals surface area (Å²) in [5.74, 6) is 0.178. The Kier molecular flexibility index (Phi) is 3.40. The van der Waals surface area contributed by atoms with Gasteiger partial charge in [-0.05, 0) is 24.3 Å². The van der Waals surface area contributed by atoms with Crippen molar-refractivity contribution in [2.45, 2.75) is 6.61 Å². The Morgan fingerprint density at radius 2 is 1.82 bits per heavy atom. The highest BCUT2D eigenvalue weighted by Gasteiger charge is 2.13. The van der Waals surface area contributed by atoms with E-state index in [1.165, 1.54) is 28.8 Å². The zero-order chi connectivity index (χ0) is 15.7. The van der Waals surface area contributed by atoms with Crippen molar-refractivity contribution >= 4 is 16.6 Å². The summed E-state index contributed by atoms with van der Waals surface area (Å²) in [6.07, 6.45) is 0. The molecule has 0 saturated carbocycles. The molecular weight excluding hydrogens is 286 g/mol. The van der Waals surface area contributed by atoms with Gasteiger partial charge in [0.15, 0.2) is 0 Å². The quantitative estimate of drug-likeness (QED) is 0.587. The van der Waals surface area contributed by atoms with Crippen molar-refractivity contribution < 1.29 is 10.0 Å². The van der Waals surface area contributed by atoms with E-state index in [0.29, 0.717) is 16.6 Å². The molecule has 22 heavy (non-hydrogen) atoms. The topological polar surface area (TPSA) is 98.3 Å². The van der Waals surface area contributed by atoms with Crippen LogP contribution < -0.4 is 5.56 Å². The minimum Gasteiger partial charge on any atom is -0.388 e. The molecule has 110 valence electrons. The highest BCUT2D eigenvalue weighted by Crippen LogP contribution is 2.17. The Morgan fingerprint density at radius 3 is 2.45 bits per heavy atom. The fourth-order valence-electron chi connectivity index (χ4n) is 2.27. The summed E-state index contributed by atoms with van der Waals surface area (Å²) in [6, 6.07) is 12.3.